The number of rotatable bonds is 4. The van der Waals surface area contributed by atoms with Gasteiger partial charge in [-0.15, -0.1) is 0 Å². The second-order valence-corrected chi connectivity index (χ2v) is 3.32. The van der Waals surface area contributed by atoms with Crippen LogP contribution in [0.15, 0.2) is 24.5 Å². The van der Waals surface area contributed by atoms with E-state index in [1.54, 1.807) is 0 Å². The molecule has 0 aliphatic rings. The smallest absolute Gasteiger partial charge is 0.169 e. The van der Waals surface area contributed by atoms with Crippen LogP contribution >= 0.6 is 0 Å². The highest BCUT2D eigenvalue weighted by molar-refractivity contribution is 5.03. The van der Waals surface area contributed by atoms with Gasteiger partial charge in [-0.25, -0.2) is 4.57 Å². The van der Waals surface area contributed by atoms with Gasteiger partial charge in [0.2, 0.25) is 0 Å². The fraction of sp³-hybridized carbons (Fsp3) is 0.545. The second kappa shape index (κ2) is 7.07. The van der Waals surface area contributed by atoms with Crippen molar-refractivity contribution < 1.29 is 21.5 Å². The van der Waals surface area contributed by atoms with Crippen LogP contribution < -0.4 is 21.5 Å². The molecule has 13 heavy (non-hydrogen) atoms. The minimum absolute atomic E-state index is 0. The van der Waals surface area contributed by atoms with Crippen LogP contribution in [0.4, 0.5) is 0 Å². The first-order valence-corrected chi connectivity index (χ1v) is 4.78. The fourth-order valence-electron chi connectivity index (χ4n) is 1.23. The molecule has 0 fully saturated rings. The minimum Gasteiger partial charge on any atom is -1.00 e. The van der Waals surface area contributed by atoms with E-state index < -0.39 is 0 Å². The van der Waals surface area contributed by atoms with Crippen LogP contribution in [0.25, 0.3) is 0 Å². The van der Waals surface area contributed by atoms with Crippen molar-refractivity contribution >= 4 is 0 Å². The largest absolute Gasteiger partial charge is 1.00 e. The molecule has 0 aliphatic heterocycles. The summed E-state index contributed by atoms with van der Waals surface area (Å²) in [5.74, 6) is 0. The average Bonchev–Trinajstić information content (AvgIpc) is 2.09. The van der Waals surface area contributed by atoms with Crippen LogP contribution in [0.5, 0.6) is 0 Å². The van der Waals surface area contributed by atoms with Gasteiger partial charge in [0.05, 0.1) is 0 Å². The molecule has 0 bridgehead atoms. The first kappa shape index (κ1) is 12.6. The second-order valence-electron chi connectivity index (χ2n) is 3.32. The maximum Gasteiger partial charge on any atom is 0.169 e. The van der Waals surface area contributed by atoms with Crippen molar-refractivity contribution in [2.24, 2.45) is 0 Å². The monoisotopic (exact) mass is 243 g/mol. The Morgan fingerprint density at radius 1 is 1.15 bits per heavy atom. The molecule has 1 nitrogen and oxygen atoms in total. The van der Waals surface area contributed by atoms with Gasteiger partial charge >= 0.3 is 0 Å². The summed E-state index contributed by atoms with van der Waals surface area (Å²) in [5, 5.41) is 0. The lowest BCUT2D eigenvalue weighted by atomic mass is 10.2. The maximum atomic E-state index is 2.25. The molecule has 1 heterocycles. The highest BCUT2D eigenvalue weighted by Crippen LogP contribution is 1.94. The van der Waals surface area contributed by atoms with E-state index in [0.29, 0.717) is 0 Å². The summed E-state index contributed by atoms with van der Waals surface area (Å²) < 4.78 is 2.25. The molecule has 74 valence electrons. The summed E-state index contributed by atoms with van der Waals surface area (Å²) in [6.45, 7) is 5.52. The lowest BCUT2D eigenvalue weighted by Crippen LogP contribution is -3.00. The van der Waals surface area contributed by atoms with Gasteiger partial charge < -0.3 is 17.0 Å². The van der Waals surface area contributed by atoms with Crippen LogP contribution in [0.1, 0.15) is 31.7 Å². The predicted molar refractivity (Wildman–Crippen MR) is 50.9 cm³/mol. The number of hydrogen-bond acceptors (Lipinski definition) is 0. The van der Waals surface area contributed by atoms with Gasteiger partial charge in [-0.05, 0) is 18.9 Å². The molecule has 0 spiro atoms. The molecule has 1 rings (SSSR count). The summed E-state index contributed by atoms with van der Waals surface area (Å²) in [6.07, 6.45) is 8.24. The molecule has 1 aromatic rings. The third kappa shape index (κ3) is 5.04. The third-order valence-electron chi connectivity index (χ3n) is 2.08. The van der Waals surface area contributed by atoms with Crippen molar-refractivity contribution in [1.82, 2.24) is 0 Å². The molecule has 0 aromatic carbocycles. The average molecular weight is 244 g/mol. The number of nitrogens with zero attached hydrogens (tertiary/aromatic N) is 1. The van der Waals surface area contributed by atoms with Crippen LogP contribution in [-0.2, 0) is 6.54 Å². The van der Waals surface area contributed by atoms with Crippen molar-refractivity contribution in [3.8, 4) is 0 Å². The Hall–Kier alpha value is -0.370. The molecule has 0 N–H and O–H groups in total. The number of halogens is 1. The van der Waals surface area contributed by atoms with Gasteiger partial charge in [-0.3, -0.25) is 0 Å². The van der Waals surface area contributed by atoms with E-state index in [-0.39, 0.29) is 17.0 Å². The molecule has 0 saturated heterocycles. The molecule has 0 unspecified atom stereocenters. The normalized spacial score (nSPS) is 9.38. The van der Waals surface area contributed by atoms with Crippen LogP contribution in [-0.4, -0.2) is 0 Å². The van der Waals surface area contributed by atoms with Gasteiger partial charge in [0, 0.05) is 18.6 Å². The van der Waals surface area contributed by atoms with E-state index >= 15 is 0 Å². The van der Waals surface area contributed by atoms with E-state index in [9.17, 15) is 0 Å². The molecule has 0 saturated carbocycles. The zero-order valence-corrected chi connectivity index (χ0v) is 10.0. The standard InChI is InChI=1S/C11H18N.BrH/c1-3-4-5-8-12-9-6-11(2)7-10-12;/h6-7,9-10H,3-5,8H2,1-2H3;1H/q+1;/p-1. The maximum absolute atomic E-state index is 2.25. The molecule has 2 heteroatoms. The summed E-state index contributed by atoms with van der Waals surface area (Å²) >= 11 is 0. The number of aromatic nitrogens is 1. The SMILES string of the molecule is CCCCC[n+]1ccc(C)cc1.[Br-]. The van der Waals surface area contributed by atoms with Crippen molar-refractivity contribution in [3.05, 3.63) is 30.1 Å². The van der Waals surface area contributed by atoms with Crippen LogP contribution in [0, 0.1) is 6.92 Å². The predicted octanol–water partition coefficient (Wildman–Crippen LogP) is -0.523. The van der Waals surface area contributed by atoms with E-state index in [4.69, 9.17) is 0 Å². The third-order valence-corrected chi connectivity index (χ3v) is 2.08. The fourth-order valence-corrected chi connectivity index (χ4v) is 1.23. The number of unbranched alkanes of at least 4 members (excludes halogenated alkanes) is 2. The van der Waals surface area contributed by atoms with E-state index in [1.165, 1.54) is 24.8 Å². The van der Waals surface area contributed by atoms with E-state index in [2.05, 4.69) is 42.9 Å². The quantitative estimate of drug-likeness (QED) is 0.495. The van der Waals surface area contributed by atoms with E-state index in [1.807, 2.05) is 0 Å². The van der Waals surface area contributed by atoms with Gasteiger partial charge in [0.25, 0.3) is 0 Å². The van der Waals surface area contributed by atoms with Gasteiger partial charge in [-0.1, -0.05) is 13.3 Å². The Bertz CT molecular complexity index is 218. The number of aryl methyl sites for hydroxylation is 2. The Labute approximate surface area is 91.6 Å². The Kier molecular flexibility index (Phi) is 6.87. The molecular formula is C11H18BrN. The molecule has 0 radical (unpaired) electrons. The Balaban J connectivity index is 0.00000144. The van der Waals surface area contributed by atoms with Crippen molar-refractivity contribution in [2.45, 2.75) is 39.7 Å². The Morgan fingerprint density at radius 3 is 2.31 bits per heavy atom. The van der Waals surface area contributed by atoms with Gasteiger partial charge in [0.15, 0.2) is 12.4 Å². The highest BCUT2D eigenvalue weighted by Gasteiger charge is 1.97. The van der Waals surface area contributed by atoms with Crippen molar-refractivity contribution in [2.75, 3.05) is 0 Å². The molecular weight excluding hydrogens is 226 g/mol. The molecule has 0 amide bonds. The highest BCUT2D eigenvalue weighted by atomic mass is 79.9. The lowest BCUT2D eigenvalue weighted by Gasteiger charge is -1.95. The zero-order valence-electron chi connectivity index (χ0n) is 8.46. The summed E-state index contributed by atoms with van der Waals surface area (Å²) in [6, 6.07) is 4.32. The van der Waals surface area contributed by atoms with E-state index in [0.717, 1.165) is 6.54 Å². The van der Waals surface area contributed by atoms with Gasteiger partial charge in [-0.2, -0.15) is 0 Å². The summed E-state index contributed by atoms with van der Waals surface area (Å²) in [7, 11) is 0. The molecule has 0 aliphatic carbocycles. The first-order valence-electron chi connectivity index (χ1n) is 4.78. The summed E-state index contributed by atoms with van der Waals surface area (Å²) in [5.41, 5.74) is 1.33. The Morgan fingerprint density at radius 2 is 1.77 bits per heavy atom. The first-order chi connectivity index (χ1) is 5.83. The molecule has 0 atom stereocenters. The summed E-state index contributed by atoms with van der Waals surface area (Å²) in [4.78, 5) is 0. The zero-order chi connectivity index (χ0) is 8.81. The van der Waals surface area contributed by atoms with Crippen molar-refractivity contribution in [1.29, 1.82) is 0 Å². The number of hydrogen-bond donors (Lipinski definition) is 0. The van der Waals surface area contributed by atoms with Gasteiger partial charge in [0.1, 0.15) is 6.54 Å². The topological polar surface area (TPSA) is 3.88 Å². The van der Waals surface area contributed by atoms with Crippen LogP contribution in [0.3, 0.4) is 0 Å². The number of pyridine rings is 1. The lowest BCUT2D eigenvalue weighted by molar-refractivity contribution is -0.697. The molecule has 1 aromatic heterocycles. The van der Waals surface area contributed by atoms with Crippen molar-refractivity contribution in [3.63, 3.8) is 0 Å². The van der Waals surface area contributed by atoms with Crippen LogP contribution in [0.2, 0.25) is 0 Å². The minimum atomic E-state index is 0.